The number of rotatable bonds is 10. The van der Waals surface area contributed by atoms with Gasteiger partial charge in [0.1, 0.15) is 5.75 Å². The van der Waals surface area contributed by atoms with Crippen molar-refractivity contribution in [1.82, 2.24) is 0 Å². The molecule has 0 bridgehead atoms. The zero-order valence-corrected chi connectivity index (χ0v) is 23.5. The number of fused-ring (bicyclic) bond motifs is 2. The second kappa shape index (κ2) is 12.4. The number of nitrogens with zero attached hydrogens (tertiary/aromatic N) is 3. The Morgan fingerprint density at radius 1 is 0.897 bits per heavy atom. The molecule has 0 atom stereocenters. The first kappa shape index (κ1) is 28.2. The van der Waals surface area contributed by atoms with Crippen LogP contribution in [0.4, 0.5) is 11.4 Å². The van der Waals surface area contributed by atoms with Crippen LogP contribution < -0.4 is 9.64 Å². The Bertz CT molecular complexity index is 1500. The fourth-order valence-corrected chi connectivity index (χ4v) is 5.54. The molecule has 0 aromatic heterocycles. The maximum Gasteiger partial charge on any atom is 0.532 e. The van der Waals surface area contributed by atoms with Crippen molar-refractivity contribution < 1.29 is 22.9 Å². The van der Waals surface area contributed by atoms with Crippen LogP contribution in [0, 0.1) is 36.5 Å². The molecule has 8 nitrogen and oxygen atoms in total. The molecule has 0 fully saturated rings. The number of nitriles is 2. The SMILES string of the molecule is Cc1cccc(C)c1O/C(OP(=O)(OCCC#N)OCCC#N)=C1/c2ccccc2N(C)c2cc(Cl)ccc21. The molecule has 0 amide bonds. The van der Waals surface area contributed by atoms with Crippen LogP contribution in [0.2, 0.25) is 5.02 Å². The Morgan fingerprint density at radius 2 is 1.51 bits per heavy atom. The number of phosphoric acid groups is 1. The van der Waals surface area contributed by atoms with Crippen LogP contribution in [0.3, 0.4) is 0 Å². The third-order valence-corrected chi connectivity index (χ3v) is 7.68. The van der Waals surface area contributed by atoms with E-state index in [9.17, 15) is 4.57 Å². The maximum atomic E-state index is 13.9. The van der Waals surface area contributed by atoms with Gasteiger partial charge in [-0.1, -0.05) is 54.1 Å². The van der Waals surface area contributed by atoms with Crippen LogP contribution in [-0.4, -0.2) is 20.3 Å². The summed E-state index contributed by atoms with van der Waals surface area (Å²) in [7, 11) is -2.41. The Kier molecular flexibility index (Phi) is 8.97. The van der Waals surface area contributed by atoms with Gasteiger partial charge >= 0.3 is 13.8 Å². The van der Waals surface area contributed by atoms with Crippen molar-refractivity contribution in [3.05, 3.63) is 93.9 Å². The number of hydrogen-bond donors (Lipinski definition) is 0. The number of benzene rings is 3. The molecule has 1 aliphatic rings. The van der Waals surface area contributed by atoms with E-state index in [2.05, 4.69) is 0 Å². The lowest BCUT2D eigenvalue weighted by atomic mass is 9.91. The quantitative estimate of drug-likeness (QED) is 0.140. The normalized spacial score (nSPS) is 13.5. The largest absolute Gasteiger partial charge is 0.532 e. The molecular formula is C29H27ClN3O5P. The van der Waals surface area contributed by atoms with Crippen molar-refractivity contribution in [2.75, 3.05) is 25.2 Å². The van der Waals surface area contributed by atoms with Gasteiger partial charge in [-0.2, -0.15) is 10.5 Å². The molecule has 3 aromatic carbocycles. The summed E-state index contributed by atoms with van der Waals surface area (Å²) in [6.07, 6.45) is -0.0683. The molecule has 0 spiro atoms. The average molecular weight is 564 g/mol. The summed E-state index contributed by atoms with van der Waals surface area (Å²) >= 11 is 6.37. The molecular weight excluding hydrogens is 537 g/mol. The van der Waals surface area contributed by atoms with Gasteiger partial charge in [0.05, 0.1) is 49.5 Å². The van der Waals surface area contributed by atoms with Crippen LogP contribution in [0.1, 0.15) is 35.1 Å². The fourth-order valence-electron chi connectivity index (χ4n) is 4.23. The van der Waals surface area contributed by atoms with Gasteiger partial charge < -0.3 is 14.2 Å². The van der Waals surface area contributed by atoms with Crippen LogP contribution in [0.25, 0.3) is 5.57 Å². The minimum absolute atomic E-state index is 0.0341. The van der Waals surface area contributed by atoms with Gasteiger partial charge in [0.15, 0.2) is 0 Å². The van der Waals surface area contributed by atoms with Crippen molar-refractivity contribution in [2.45, 2.75) is 26.7 Å². The van der Waals surface area contributed by atoms with Gasteiger partial charge in [-0.25, -0.2) is 4.57 Å². The number of halogens is 1. The average Bonchev–Trinajstić information content (AvgIpc) is 2.91. The summed E-state index contributed by atoms with van der Waals surface area (Å²) in [5, 5.41) is 18.5. The highest BCUT2D eigenvalue weighted by Crippen LogP contribution is 2.55. The lowest BCUT2D eigenvalue weighted by molar-refractivity contribution is 0.107. The topological polar surface area (TPSA) is 105 Å². The van der Waals surface area contributed by atoms with E-state index in [0.717, 1.165) is 33.6 Å². The number of anilines is 2. The van der Waals surface area contributed by atoms with Crippen LogP contribution in [0.5, 0.6) is 5.75 Å². The Balaban J connectivity index is 1.96. The smallest absolute Gasteiger partial charge is 0.425 e. The summed E-state index contributed by atoms with van der Waals surface area (Å²) in [6, 6.07) is 22.7. The van der Waals surface area contributed by atoms with Crippen LogP contribution in [0.15, 0.2) is 66.6 Å². The van der Waals surface area contributed by atoms with Gasteiger partial charge in [0.25, 0.3) is 0 Å². The van der Waals surface area contributed by atoms with E-state index in [4.69, 9.17) is 40.4 Å². The molecule has 0 unspecified atom stereocenters. The highest BCUT2D eigenvalue weighted by molar-refractivity contribution is 7.48. The van der Waals surface area contributed by atoms with Crippen molar-refractivity contribution >= 4 is 36.4 Å². The van der Waals surface area contributed by atoms with Gasteiger partial charge in [-0.15, -0.1) is 0 Å². The van der Waals surface area contributed by atoms with E-state index in [1.54, 1.807) is 6.07 Å². The predicted octanol–water partition coefficient (Wildman–Crippen LogP) is 7.82. The molecule has 0 aliphatic carbocycles. The second-order valence-electron chi connectivity index (χ2n) is 8.74. The van der Waals surface area contributed by atoms with Gasteiger partial charge in [-0.05, 0) is 43.2 Å². The Labute approximate surface area is 233 Å². The Morgan fingerprint density at radius 3 is 2.15 bits per heavy atom. The van der Waals surface area contributed by atoms with Crippen molar-refractivity contribution in [1.29, 1.82) is 10.5 Å². The van der Waals surface area contributed by atoms with Crippen molar-refractivity contribution in [2.24, 2.45) is 0 Å². The van der Waals surface area contributed by atoms with E-state index in [1.165, 1.54) is 0 Å². The molecule has 0 N–H and O–H groups in total. The first-order valence-electron chi connectivity index (χ1n) is 12.2. The lowest BCUT2D eigenvalue weighted by Gasteiger charge is -2.33. The molecule has 0 saturated carbocycles. The van der Waals surface area contributed by atoms with Crippen LogP contribution >= 0.6 is 19.4 Å². The zero-order chi connectivity index (χ0) is 28.0. The van der Waals surface area contributed by atoms with Crippen LogP contribution in [-0.2, 0) is 18.1 Å². The number of hydrogen-bond acceptors (Lipinski definition) is 8. The Hall–Kier alpha value is -3.78. The molecule has 4 rings (SSSR count). The highest BCUT2D eigenvalue weighted by atomic mass is 35.5. The standard InChI is InChI=1S/C29H27ClN3O5P/c1-20-9-6-10-21(2)28(20)37-29(38-39(34,35-17-7-15-31)36-18-8-16-32)27-23-11-4-5-12-25(23)33(3)26-19-22(30)13-14-24(26)27/h4-6,9-14,19H,7-8,17-18H2,1-3H3/b29-27+. The summed E-state index contributed by atoms with van der Waals surface area (Å²) in [5.74, 6) is 0.418. The van der Waals surface area contributed by atoms with Gasteiger partial charge in [0.2, 0.25) is 0 Å². The third kappa shape index (κ3) is 6.28. The molecule has 0 radical (unpaired) electrons. The van der Waals surface area contributed by atoms with Crippen molar-refractivity contribution in [3.63, 3.8) is 0 Å². The molecule has 1 aliphatic heterocycles. The van der Waals surface area contributed by atoms with E-state index < -0.39 is 7.82 Å². The molecule has 3 aromatic rings. The summed E-state index contributed by atoms with van der Waals surface area (Å²) in [4.78, 5) is 2.00. The minimum Gasteiger partial charge on any atom is -0.425 e. The summed E-state index contributed by atoms with van der Waals surface area (Å²) in [6.45, 7) is 3.40. The van der Waals surface area contributed by atoms with E-state index in [-0.39, 0.29) is 32.0 Å². The molecule has 10 heteroatoms. The van der Waals surface area contributed by atoms with Crippen molar-refractivity contribution in [3.8, 4) is 17.9 Å². The van der Waals surface area contributed by atoms with E-state index >= 15 is 0 Å². The summed E-state index contributed by atoms with van der Waals surface area (Å²) in [5.41, 5.74) is 5.30. The molecule has 0 saturated heterocycles. The fraction of sp³-hybridized carbons (Fsp3) is 0.241. The minimum atomic E-state index is -4.34. The van der Waals surface area contributed by atoms with Gasteiger partial charge in [-0.3, -0.25) is 9.05 Å². The lowest BCUT2D eigenvalue weighted by Crippen LogP contribution is -2.20. The predicted molar refractivity (Wildman–Crippen MR) is 150 cm³/mol. The monoisotopic (exact) mass is 563 g/mol. The van der Waals surface area contributed by atoms with Gasteiger partial charge in [0, 0.05) is 28.9 Å². The van der Waals surface area contributed by atoms with E-state index in [1.807, 2.05) is 92.5 Å². The maximum absolute atomic E-state index is 13.9. The highest BCUT2D eigenvalue weighted by Gasteiger charge is 2.36. The van der Waals surface area contributed by atoms with E-state index in [0.29, 0.717) is 16.3 Å². The third-order valence-electron chi connectivity index (χ3n) is 6.05. The molecule has 1 heterocycles. The zero-order valence-electron chi connectivity index (χ0n) is 21.8. The first-order valence-corrected chi connectivity index (χ1v) is 14.1. The second-order valence-corrected chi connectivity index (χ2v) is 10.8. The number of para-hydroxylation sites is 2. The number of ether oxygens (including phenoxy) is 1. The summed E-state index contributed by atoms with van der Waals surface area (Å²) < 4.78 is 37.4. The first-order chi connectivity index (χ1) is 18.8. The number of aryl methyl sites for hydroxylation is 2. The molecule has 39 heavy (non-hydrogen) atoms. The molecule has 200 valence electrons. The number of phosphoric ester groups is 1.